The van der Waals surface area contributed by atoms with E-state index in [4.69, 9.17) is 14.6 Å². The molecule has 0 aliphatic rings. The van der Waals surface area contributed by atoms with Crippen LogP contribution in [0.15, 0.2) is 27.2 Å². The van der Waals surface area contributed by atoms with Gasteiger partial charge in [-0.3, -0.25) is 4.79 Å². The van der Waals surface area contributed by atoms with Gasteiger partial charge in [0.05, 0.1) is 18.4 Å². The van der Waals surface area contributed by atoms with Gasteiger partial charge in [-0.05, 0) is 31.0 Å². The number of hydrogen-bond donors (Lipinski definition) is 1. The normalized spacial score (nSPS) is 11.7. The van der Waals surface area contributed by atoms with Gasteiger partial charge >= 0.3 is 0 Å². The SMILES string of the molecule is Cc1oc(-c2ccco2)nc1CC(=O)N(C)CC(C)(C)CN. The molecule has 0 unspecified atom stereocenters. The van der Waals surface area contributed by atoms with Crippen LogP contribution in [-0.2, 0) is 11.2 Å². The fraction of sp³-hybridized carbons (Fsp3) is 0.500. The number of aryl methyl sites for hydroxylation is 1. The Morgan fingerprint density at radius 3 is 2.77 bits per heavy atom. The maximum absolute atomic E-state index is 12.3. The van der Waals surface area contributed by atoms with Crippen molar-refractivity contribution < 1.29 is 13.6 Å². The first kappa shape index (κ1) is 16.3. The molecule has 0 bridgehead atoms. The number of aromatic nitrogens is 1. The summed E-state index contributed by atoms with van der Waals surface area (Å²) in [5.74, 6) is 1.57. The molecule has 6 nitrogen and oxygen atoms in total. The van der Waals surface area contributed by atoms with Crippen molar-refractivity contribution in [2.45, 2.75) is 27.2 Å². The van der Waals surface area contributed by atoms with Crippen LogP contribution in [0.3, 0.4) is 0 Å². The predicted octanol–water partition coefficient (Wildman–Crippen LogP) is 2.23. The van der Waals surface area contributed by atoms with Gasteiger partial charge in [0.15, 0.2) is 5.76 Å². The molecule has 0 fully saturated rings. The van der Waals surface area contributed by atoms with Gasteiger partial charge in [0, 0.05) is 13.6 Å². The van der Waals surface area contributed by atoms with E-state index < -0.39 is 0 Å². The first-order valence-electron chi connectivity index (χ1n) is 7.26. The molecular formula is C16H23N3O3. The van der Waals surface area contributed by atoms with Crippen LogP contribution in [0.2, 0.25) is 0 Å². The first-order chi connectivity index (χ1) is 10.3. The zero-order valence-corrected chi connectivity index (χ0v) is 13.5. The van der Waals surface area contributed by atoms with Crippen molar-refractivity contribution in [2.24, 2.45) is 11.1 Å². The third kappa shape index (κ3) is 3.76. The minimum atomic E-state index is -0.109. The maximum Gasteiger partial charge on any atom is 0.263 e. The largest absolute Gasteiger partial charge is 0.459 e. The molecule has 0 spiro atoms. The summed E-state index contributed by atoms with van der Waals surface area (Å²) in [4.78, 5) is 18.4. The third-order valence-corrected chi connectivity index (χ3v) is 3.59. The van der Waals surface area contributed by atoms with E-state index in [1.807, 2.05) is 13.8 Å². The highest BCUT2D eigenvalue weighted by Gasteiger charge is 2.23. The zero-order chi connectivity index (χ0) is 16.3. The lowest BCUT2D eigenvalue weighted by molar-refractivity contribution is -0.130. The molecule has 0 aliphatic carbocycles. The van der Waals surface area contributed by atoms with Crippen LogP contribution in [-0.4, -0.2) is 35.9 Å². The Morgan fingerprint density at radius 2 is 2.18 bits per heavy atom. The van der Waals surface area contributed by atoms with Crippen LogP contribution >= 0.6 is 0 Å². The van der Waals surface area contributed by atoms with Crippen molar-refractivity contribution in [3.63, 3.8) is 0 Å². The van der Waals surface area contributed by atoms with Crippen LogP contribution < -0.4 is 5.73 Å². The second-order valence-electron chi connectivity index (χ2n) is 6.29. The molecule has 2 aromatic heterocycles. The lowest BCUT2D eigenvalue weighted by Crippen LogP contribution is -2.40. The second-order valence-corrected chi connectivity index (χ2v) is 6.29. The van der Waals surface area contributed by atoms with Crippen LogP contribution in [0.5, 0.6) is 0 Å². The minimum absolute atomic E-state index is 0.0103. The van der Waals surface area contributed by atoms with Gasteiger partial charge < -0.3 is 19.5 Å². The number of carbonyl (C=O) groups excluding carboxylic acids is 1. The highest BCUT2D eigenvalue weighted by Crippen LogP contribution is 2.23. The highest BCUT2D eigenvalue weighted by molar-refractivity contribution is 5.78. The molecule has 120 valence electrons. The summed E-state index contributed by atoms with van der Waals surface area (Å²) in [6.45, 7) is 6.99. The Labute approximate surface area is 130 Å². The number of amides is 1. The average Bonchev–Trinajstić information content (AvgIpc) is 3.08. The van der Waals surface area contributed by atoms with Gasteiger partial charge in [0.2, 0.25) is 5.91 Å². The van der Waals surface area contributed by atoms with E-state index in [2.05, 4.69) is 4.98 Å². The van der Waals surface area contributed by atoms with E-state index in [0.717, 1.165) is 0 Å². The van der Waals surface area contributed by atoms with Crippen LogP contribution in [0.1, 0.15) is 25.3 Å². The van der Waals surface area contributed by atoms with E-state index in [0.29, 0.717) is 36.2 Å². The number of hydrogen-bond acceptors (Lipinski definition) is 5. The van der Waals surface area contributed by atoms with Gasteiger partial charge in [-0.2, -0.15) is 0 Å². The molecular weight excluding hydrogens is 282 g/mol. The molecule has 22 heavy (non-hydrogen) atoms. The fourth-order valence-electron chi connectivity index (χ4n) is 2.17. The summed E-state index contributed by atoms with van der Waals surface area (Å²) in [5, 5.41) is 0. The molecule has 0 atom stereocenters. The standard InChI is InChI=1S/C16H23N3O3/c1-11-12(18-15(22-11)13-6-5-7-21-13)8-14(20)19(4)10-16(2,3)9-17/h5-7H,8-10,17H2,1-4H3. The number of carbonyl (C=O) groups is 1. The van der Waals surface area contributed by atoms with Crippen LogP contribution in [0.4, 0.5) is 0 Å². The van der Waals surface area contributed by atoms with Crippen LogP contribution in [0, 0.1) is 12.3 Å². The maximum atomic E-state index is 12.3. The molecule has 2 heterocycles. The van der Waals surface area contributed by atoms with E-state index in [1.54, 1.807) is 37.3 Å². The Morgan fingerprint density at radius 1 is 1.45 bits per heavy atom. The lowest BCUT2D eigenvalue weighted by Gasteiger charge is -2.28. The minimum Gasteiger partial charge on any atom is -0.459 e. The van der Waals surface area contributed by atoms with Gasteiger partial charge in [0.25, 0.3) is 5.89 Å². The molecule has 6 heteroatoms. The molecule has 2 N–H and O–H groups in total. The van der Waals surface area contributed by atoms with Crippen molar-refractivity contribution >= 4 is 5.91 Å². The molecule has 2 rings (SSSR count). The number of likely N-dealkylation sites (N-methyl/N-ethyl adjacent to an activating group) is 1. The van der Waals surface area contributed by atoms with Gasteiger partial charge in [-0.1, -0.05) is 13.8 Å². The summed E-state index contributed by atoms with van der Waals surface area (Å²) in [6.07, 6.45) is 1.76. The van der Waals surface area contributed by atoms with E-state index >= 15 is 0 Å². The Bertz CT molecular complexity index is 629. The Hall–Kier alpha value is -2.08. The molecule has 2 aromatic rings. The number of furan rings is 1. The molecule has 0 aliphatic heterocycles. The summed E-state index contributed by atoms with van der Waals surface area (Å²) < 4.78 is 10.8. The third-order valence-electron chi connectivity index (χ3n) is 3.59. The molecule has 0 saturated carbocycles. The van der Waals surface area contributed by atoms with Gasteiger partial charge in [-0.15, -0.1) is 0 Å². The van der Waals surface area contributed by atoms with Crippen molar-refractivity contribution in [2.75, 3.05) is 20.1 Å². The summed E-state index contributed by atoms with van der Waals surface area (Å²) in [7, 11) is 1.78. The molecule has 0 saturated heterocycles. The Kier molecular flexibility index (Phi) is 4.71. The number of oxazole rings is 1. The molecule has 0 aromatic carbocycles. The van der Waals surface area contributed by atoms with Crippen molar-refractivity contribution in [1.29, 1.82) is 0 Å². The second kappa shape index (κ2) is 6.36. The smallest absolute Gasteiger partial charge is 0.263 e. The molecule has 1 amide bonds. The average molecular weight is 305 g/mol. The number of nitrogens with zero attached hydrogens (tertiary/aromatic N) is 2. The first-order valence-corrected chi connectivity index (χ1v) is 7.26. The quantitative estimate of drug-likeness (QED) is 0.884. The summed E-state index contributed by atoms with van der Waals surface area (Å²) >= 11 is 0. The van der Waals surface area contributed by atoms with E-state index in [1.165, 1.54) is 0 Å². The van der Waals surface area contributed by atoms with Crippen molar-refractivity contribution in [3.8, 4) is 11.7 Å². The van der Waals surface area contributed by atoms with E-state index in [9.17, 15) is 4.79 Å². The number of rotatable bonds is 6. The van der Waals surface area contributed by atoms with Crippen molar-refractivity contribution in [3.05, 3.63) is 29.9 Å². The van der Waals surface area contributed by atoms with Crippen LogP contribution in [0.25, 0.3) is 11.7 Å². The topological polar surface area (TPSA) is 85.5 Å². The summed E-state index contributed by atoms with van der Waals surface area (Å²) in [6, 6.07) is 3.54. The Balaban J connectivity index is 2.06. The van der Waals surface area contributed by atoms with Crippen molar-refractivity contribution in [1.82, 2.24) is 9.88 Å². The zero-order valence-electron chi connectivity index (χ0n) is 13.5. The molecule has 0 radical (unpaired) electrons. The highest BCUT2D eigenvalue weighted by atomic mass is 16.4. The number of nitrogens with two attached hydrogens (primary N) is 1. The lowest BCUT2D eigenvalue weighted by atomic mass is 9.93. The summed E-state index contributed by atoms with van der Waals surface area (Å²) in [5.41, 5.74) is 6.24. The fourth-order valence-corrected chi connectivity index (χ4v) is 2.17. The monoisotopic (exact) mass is 305 g/mol. The van der Waals surface area contributed by atoms with Gasteiger partial charge in [-0.25, -0.2) is 4.98 Å². The van der Waals surface area contributed by atoms with E-state index in [-0.39, 0.29) is 17.7 Å². The predicted molar refractivity (Wildman–Crippen MR) is 83.1 cm³/mol. The van der Waals surface area contributed by atoms with Gasteiger partial charge in [0.1, 0.15) is 5.76 Å².